The Morgan fingerprint density at radius 3 is 2.52 bits per heavy atom. The fraction of sp³-hybridized carbons (Fsp3) is 0.667. The third-order valence-electron chi connectivity index (χ3n) is 5.72. The molecule has 0 bridgehead atoms. The zero-order valence-corrected chi connectivity index (χ0v) is 16.8. The molecule has 1 saturated heterocycles. The van der Waals surface area contributed by atoms with Crippen LogP contribution in [0.3, 0.4) is 0 Å². The summed E-state index contributed by atoms with van der Waals surface area (Å²) in [7, 11) is 2.74. The summed E-state index contributed by atoms with van der Waals surface area (Å²) in [5.74, 6) is -2.04. The predicted molar refractivity (Wildman–Crippen MR) is 99.7 cm³/mol. The number of alkyl halides is 1. The van der Waals surface area contributed by atoms with E-state index < -0.39 is 30.6 Å². The molecule has 1 fully saturated rings. The minimum Gasteiger partial charge on any atom is -0.465 e. The van der Waals surface area contributed by atoms with Gasteiger partial charge in [-0.15, -0.1) is 0 Å². The second kappa shape index (κ2) is 9.62. The van der Waals surface area contributed by atoms with Crippen LogP contribution in [0.15, 0.2) is 30.3 Å². The zero-order chi connectivity index (χ0) is 20.0. The van der Waals surface area contributed by atoms with Gasteiger partial charge >= 0.3 is 5.97 Å². The van der Waals surface area contributed by atoms with Crippen LogP contribution in [0.4, 0.5) is 4.39 Å². The lowest BCUT2D eigenvalue weighted by atomic mass is 9.76. The highest BCUT2D eigenvalue weighted by atomic mass is 19.1. The van der Waals surface area contributed by atoms with Crippen molar-refractivity contribution < 1.29 is 28.1 Å². The van der Waals surface area contributed by atoms with E-state index in [1.165, 1.54) is 14.2 Å². The van der Waals surface area contributed by atoms with E-state index in [2.05, 4.69) is 6.92 Å². The fourth-order valence-electron chi connectivity index (χ4n) is 3.72. The molecule has 152 valence electrons. The van der Waals surface area contributed by atoms with Crippen molar-refractivity contribution in [2.75, 3.05) is 20.9 Å². The van der Waals surface area contributed by atoms with Crippen molar-refractivity contribution in [3.8, 4) is 0 Å². The lowest BCUT2D eigenvalue weighted by molar-refractivity contribution is -0.298. The molecule has 27 heavy (non-hydrogen) atoms. The molecule has 0 N–H and O–H groups in total. The van der Waals surface area contributed by atoms with Crippen LogP contribution >= 0.6 is 0 Å². The van der Waals surface area contributed by atoms with Crippen LogP contribution < -0.4 is 0 Å². The van der Waals surface area contributed by atoms with E-state index >= 15 is 0 Å². The topological polar surface area (TPSA) is 54.0 Å². The molecule has 0 aromatic heterocycles. The number of halogens is 1. The van der Waals surface area contributed by atoms with Gasteiger partial charge in [-0.2, -0.15) is 0 Å². The summed E-state index contributed by atoms with van der Waals surface area (Å²) in [4.78, 5) is 12.3. The number of esters is 1. The minimum absolute atomic E-state index is 0.113. The fourth-order valence-corrected chi connectivity index (χ4v) is 3.72. The van der Waals surface area contributed by atoms with Gasteiger partial charge in [-0.3, -0.25) is 0 Å². The number of ether oxygens (including phenoxy) is 4. The minimum atomic E-state index is -1.46. The first kappa shape index (κ1) is 21.8. The van der Waals surface area contributed by atoms with Crippen molar-refractivity contribution in [3.05, 3.63) is 35.9 Å². The molecule has 6 atom stereocenters. The molecular formula is C21H31FO5. The summed E-state index contributed by atoms with van der Waals surface area (Å²) in [6.07, 6.45) is -0.648. The smallest absolute Gasteiger partial charge is 0.366 e. The van der Waals surface area contributed by atoms with Crippen LogP contribution in [0.2, 0.25) is 0 Å². The highest BCUT2D eigenvalue weighted by molar-refractivity contribution is 5.78. The normalized spacial score (nSPS) is 30.5. The molecule has 2 rings (SSSR count). The van der Waals surface area contributed by atoms with Crippen LogP contribution in [0.5, 0.6) is 0 Å². The summed E-state index contributed by atoms with van der Waals surface area (Å²) in [6, 6.07) is 9.65. The maximum absolute atomic E-state index is 13.8. The molecule has 0 radical (unpaired) electrons. The first-order valence-corrected chi connectivity index (χ1v) is 9.41. The molecular weight excluding hydrogens is 351 g/mol. The standard InChI is InChI=1S/C21H31FO5/c1-14-11-21(25-5,20(23)24-4)27-19(15(14)2)16(3)18(12-22)26-13-17-9-7-6-8-10-17/h6-10,14-16,18-19H,11-13H2,1-5H3/t14-,15+,16+,18-,19?,21?/m0/s1. The maximum atomic E-state index is 13.8. The van der Waals surface area contributed by atoms with Crippen molar-refractivity contribution in [1.29, 1.82) is 0 Å². The Kier molecular flexibility index (Phi) is 7.77. The third-order valence-corrected chi connectivity index (χ3v) is 5.72. The second-order valence-corrected chi connectivity index (χ2v) is 7.42. The average Bonchev–Trinajstić information content (AvgIpc) is 2.70. The van der Waals surface area contributed by atoms with E-state index in [4.69, 9.17) is 18.9 Å². The molecule has 6 heteroatoms. The second-order valence-electron chi connectivity index (χ2n) is 7.42. The maximum Gasteiger partial charge on any atom is 0.366 e. The summed E-state index contributed by atoms with van der Waals surface area (Å²) in [5.41, 5.74) is 0.981. The monoisotopic (exact) mass is 382 g/mol. The number of hydrogen-bond acceptors (Lipinski definition) is 5. The predicted octanol–water partition coefficient (Wildman–Crippen LogP) is 3.75. The van der Waals surface area contributed by atoms with E-state index in [1.807, 2.05) is 44.2 Å². The van der Waals surface area contributed by atoms with Crippen LogP contribution in [0.1, 0.15) is 32.8 Å². The summed E-state index contributed by atoms with van der Waals surface area (Å²) in [5, 5.41) is 0. The Morgan fingerprint density at radius 1 is 1.30 bits per heavy atom. The molecule has 2 unspecified atom stereocenters. The molecule has 5 nitrogen and oxygen atoms in total. The molecule has 1 heterocycles. The van der Waals surface area contributed by atoms with Gasteiger partial charge in [0.2, 0.25) is 0 Å². The Balaban J connectivity index is 2.14. The largest absolute Gasteiger partial charge is 0.465 e. The van der Waals surface area contributed by atoms with Gasteiger partial charge in [-0.25, -0.2) is 9.18 Å². The number of benzene rings is 1. The van der Waals surface area contributed by atoms with Crippen molar-refractivity contribution >= 4 is 5.97 Å². The van der Waals surface area contributed by atoms with Gasteiger partial charge in [-0.1, -0.05) is 51.1 Å². The van der Waals surface area contributed by atoms with Gasteiger partial charge in [0.05, 0.1) is 25.9 Å². The van der Waals surface area contributed by atoms with Gasteiger partial charge in [-0.05, 0) is 17.4 Å². The molecule has 1 aliphatic heterocycles. The average molecular weight is 382 g/mol. The number of hydrogen-bond donors (Lipinski definition) is 0. The molecule has 1 aromatic rings. The lowest BCUT2D eigenvalue weighted by Crippen LogP contribution is -2.57. The van der Waals surface area contributed by atoms with E-state index in [0.29, 0.717) is 13.0 Å². The van der Waals surface area contributed by atoms with Crippen LogP contribution in [-0.4, -0.2) is 44.9 Å². The van der Waals surface area contributed by atoms with Crippen molar-refractivity contribution in [3.63, 3.8) is 0 Å². The van der Waals surface area contributed by atoms with Gasteiger partial charge in [0.1, 0.15) is 6.67 Å². The Hall–Kier alpha value is -1.50. The Labute approximate surface area is 161 Å². The molecule has 1 aromatic carbocycles. The number of carbonyl (C=O) groups is 1. The van der Waals surface area contributed by atoms with Crippen molar-refractivity contribution in [2.45, 2.75) is 51.8 Å². The molecule has 1 aliphatic rings. The zero-order valence-electron chi connectivity index (χ0n) is 16.8. The Bertz CT molecular complexity index is 595. The highest BCUT2D eigenvalue weighted by Crippen LogP contribution is 2.41. The highest BCUT2D eigenvalue weighted by Gasteiger charge is 2.52. The summed E-state index contributed by atoms with van der Waals surface area (Å²) >= 11 is 0. The number of carbonyl (C=O) groups excluding carboxylic acids is 1. The van der Waals surface area contributed by atoms with Gasteiger partial charge in [0.15, 0.2) is 0 Å². The first-order valence-electron chi connectivity index (χ1n) is 9.41. The van der Waals surface area contributed by atoms with Gasteiger partial charge < -0.3 is 18.9 Å². The van der Waals surface area contributed by atoms with E-state index in [9.17, 15) is 9.18 Å². The lowest BCUT2D eigenvalue weighted by Gasteiger charge is -2.47. The van der Waals surface area contributed by atoms with Crippen LogP contribution in [-0.2, 0) is 30.3 Å². The number of methoxy groups -OCH3 is 2. The quantitative estimate of drug-likeness (QED) is 0.641. The van der Waals surface area contributed by atoms with E-state index in [-0.39, 0.29) is 17.8 Å². The molecule has 0 saturated carbocycles. The SMILES string of the molecule is COC(=O)C1(OC)C[C@H](C)[C@@H](C)C([C@H](C)[C@H](CF)OCc2ccccc2)O1. The summed E-state index contributed by atoms with van der Waals surface area (Å²) in [6.45, 7) is 5.68. The molecule has 0 spiro atoms. The third kappa shape index (κ3) is 4.86. The van der Waals surface area contributed by atoms with Crippen LogP contribution in [0, 0.1) is 17.8 Å². The van der Waals surface area contributed by atoms with Crippen molar-refractivity contribution in [1.82, 2.24) is 0 Å². The summed E-state index contributed by atoms with van der Waals surface area (Å²) < 4.78 is 36.1. The first-order chi connectivity index (χ1) is 12.9. The Morgan fingerprint density at radius 2 is 1.96 bits per heavy atom. The van der Waals surface area contributed by atoms with Gasteiger partial charge in [0, 0.05) is 19.4 Å². The van der Waals surface area contributed by atoms with Crippen LogP contribution in [0.25, 0.3) is 0 Å². The molecule has 0 aliphatic carbocycles. The van der Waals surface area contributed by atoms with Crippen molar-refractivity contribution in [2.24, 2.45) is 17.8 Å². The van der Waals surface area contributed by atoms with E-state index in [0.717, 1.165) is 5.56 Å². The van der Waals surface area contributed by atoms with Gasteiger partial charge in [0.25, 0.3) is 5.79 Å². The molecule has 0 amide bonds. The number of rotatable bonds is 8. The van der Waals surface area contributed by atoms with E-state index in [1.54, 1.807) is 0 Å².